The number of fused-ring (bicyclic) bond motifs is 2. The largest absolute Gasteiger partial charge is 0.461 e. The molecular formula is C24H23NO5. The van der Waals surface area contributed by atoms with E-state index in [-0.39, 0.29) is 18.9 Å². The van der Waals surface area contributed by atoms with E-state index in [2.05, 4.69) is 5.32 Å². The summed E-state index contributed by atoms with van der Waals surface area (Å²) in [5.41, 5.74) is 3.33. The Bertz CT molecular complexity index is 1300. The van der Waals surface area contributed by atoms with Crippen LogP contribution in [0.1, 0.15) is 34.1 Å². The molecule has 2 heterocycles. The number of carbonyl (C=O) groups excluding carboxylic acids is 1. The van der Waals surface area contributed by atoms with Crippen LogP contribution >= 0.6 is 0 Å². The minimum atomic E-state index is -0.815. The molecule has 0 aliphatic carbocycles. The van der Waals surface area contributed by atoms with Crippen LogP contribution in [0.3, 0.4) is 0 Å². The number of carbonyl (C=O) groups is 1. The molecule has 0 fully saturated rings. The van der Waals surface area contributed by atoms with Crippen molar-refractivity contribution in [3.63, 3.8) is 0 Å². The first-order valence-corrected chi connectivity index (χ1v) is 9.81. The molecular weight excluding hydrogens is 382 g/mol. The minimum Gasteiger partial charge on any atom is -0.461 e. The number of rotatable bonds is 5. The van der Waals surface area contributed by atoms with Crippen molar-refractivity contribution < 1.29 is 18.7 Å². The number of amides is 1. The van der Waals surface area contributed by atoms with E-state index in [0.29, 0.717) is 27.9 Å². The molecule has 4 aromatic rings. The van der Waals surface area contributed by atoms with Crippen molar-refractivity contribution in [1.29, 1.82) is 0 Å². The highest BCUT2D eigenvalue weighted by Crippen LogP contribution is 2.31. The van der Waals surface area contributed by atoms with E-state index in [1.165, 1.54) is 0 Å². The maximum Gasteiger partial charge on any atom is 0.340 e. The molecule has 6 nitrogen and oxygen atoms in total. The summed E-state index contributed by atoms with van der Waals surface area (Å²) in [4.78, 5) is 25.0. The molecule has 0 saturated heterocycles. The van der Waals surface area contributed by atoms with Gasteiger partial charge in [0.1, 0.15) is 16.9 Å². The summed E-state index contributed by atoms with van der Waals surface area (Å²) in [6.45, 7) is 5.75. The van der Waals surface area contributed by atoms with Gasteiger partial charge in [-0.25, -0.2) is 4.79 Å². The normalized spacial score (nSPS) is 12.4. The number of hydrogen-bond donors (Lipinski definition) is 2. The summed E-state index contributed by atoms with van der Waals surface area (Å²) in [7, 11) is 0. The molecule has 0 aliphatic heterocycles. The first-order valence-electron chi connectivity index (χ1n) is 9.81. The van der Waals surface area contributed by atoms with Crippen molar-refractivity contribution in [2.45, 2.75) is 33.3 Å². The number of aliphatic hydroxyl groups is 1. The summed E-state index contributed by atoms with van der Waals surface area (Å²) in [5.74, 6) is 0.466. The summed E-state index contributed by atoms with van der Waals surface area (Å²) in [5, 5.41) is 14.6. The van der Waals surface area contributed by atoms with Gasteiger partial charge in [-0.05, 0) is 43.5 Å². The first kappa shape index (κ1) is 19.9. The third-order valence-corrected chi connectivity index (χ3v) is 5.60. The number of benzene rings is 2. The standard InChI is InChI=1S/C24H23NO5/c1-13-15(3)29-21-11-22-18(9-17(13)21)14(2)19(24(28)30-22)10-23(27)25-12-20(26)16-7-5-4-6-8-16/h4-9,11,20,26H,10,12H2,1-3H3,(H,25,27)/t20-/m0/s1. The summed E-state index contributed by atoms with van der Waals surface area (Å²) >= 11 is 0. The van der Waals surface area contributed by atoms with E-state index in [1.807, 2.05) is 45.0 Å². The predicted molar refractivity (Wildman–Crippen MR) is 115 cm³/mol. The Hall–Kier alpha value is -3.38. The molecule has 6 heteroatoms. The molecule has 2 N–H and O–H groups in total. The van der Waals surface area contributed by atoms with Crippen LogP contribution in [0.4, 0.5) is 0 Å². The Balaban J connectivity index is 1.59. The third kappa shape index (κ3) is 3.62. The highest BCUT2D eigenvalue weighted by Gasteiger charge is 2.18. The van der Waals surface area contributed by atoms with Crippen LogP contribution < -0.4 is 10.9 Å². The van der Waals surface area contributed by atoms with Gasteiger partial charge in [0.25, 0.3) is 0 Å². The second kappa shape index (κ2) is 7.80. The van der Waals surface area contributed by atoms with Crippen LogP contribution in [0.5, 0.6) is 0 Å². The lowest BCUT2D eigenvalue weighted by molar-refractivity contribution is -0.120. The lowest BCUT2D eigenvalue weighted by Crippen LogP contribution is -2.31. The van der Waals surface area contributed by atoms with Crippen LogP contribution in [-0.4, -0.2) is 17.6 Å². The number of aliphatic hydroxyl groups excluding tert-OH is 1. The second-order valence-electron chi connectivity index (χ2n) is 7.53. The molecule has 0 saturated carbocycles. The number of hydrogen-bond acceptors (Lipinski definition) is 5. The number of nitrogens with one attached hydrogen (secondary N) is 1. The zero-order valence-corrected chi connectivity index (χ0v) is 17.1. The number of aryl methyl sites for hydroxylation is 3. The maximum absolute atomic E-state index is 12.5. The van der Waals surface area contributed by atoms with Crippen molar-refractivity contribution in [1.82, 2.24) is 5.32 Å². The maximum atomic E-state index is 12.5. The zero-order chi connectivity index (χ0) is 21.4. The summed E-state index contributed by atoms with van der Waals surface area (Å²) in [6, 6.07) is 12.7. The molecule has 4 rings (SSSR count). The molecule has 1 amide bonds. The van der Waals surface area contributed by atoms with Gasteiger partial charge in [0.2, 0.25) is 5.91 Å². The van der Waals surface area contributed by atoms with Crippen molar-refractivity contribution in [3.8, 4) is 0 Å². The Labute approximate surface area is 173 Å². The molecule has 2 aromatic carbocycles. The van der Waals surface area contributed by atoms with Gasteiger partial charge in [0.05, 0.1) is 18.1 Å². The Morgan fingerprint density at radius 1 is 1.00 bits per heavy atom. The monoisotopic (exact) mass is 405 g/mol. The van der Waals surface area contributed by atoms with Crippen LogP contribution in [0.25, 0.3) is 21.9 Å². The molecule has 0 bridgehead atoms. The topological polar surface area (TPSA) is 92.7 Å². The zero-order valence-electron chi connectivity index (χ0n) is 17.1. The minimum absolute atomic E-state index is 0.0644. The van der Waals surface area contributed by atoms with Crippen LogP contribution in [0.2, 0.25) is 0 Å². The molecule has 1 atom stereocenters. The van der Waals surface area contributed by atoms with Crippen LogP contribution in [-0.2, 0) is 11.2 Å². The summed E-state index contributed by atoms with van der Waals surface area (Å²) in [6.07, 6.45) is -0.933. The molecule has 0 spiro atoms. The van der Waals surface area contributed by atoms with Gasteiger partial charge in [-0.1, -0.05) is 30.3 Å². The predicted octanol–water partition coefficient (Wildman–Crippen LogP) is 3.86. The fourth-order valence-electron chi connectivity index (χ4n) is 3.66. The Morgan fingerprint density at radius 2 is 1.67 bits per heavy atom. The summed E-state index contributed by atoms with van der Waals surface area (Å²) < 4.78 is 11.2. The lowest BCUT2D eigenvalue weighted by Gasteiger charge is -2.13. The molecule has 0 radical (unpaired) electrons. The molecule has 0 aliphatic rings. The Kier molecular flexibility index (Phi) is 5.18. The smallest absolute Gasteiger partial charge is 0.340 e. The van der Waals surface area contributed by atoms with E-state index >= 15 is 0 Å². The molecule has 30 heavy (non-hydrogen) atoms. The molecule has 0 unspecified atom stereocenters. The number of furan rings is 1. The van der Waals surface area contributed by atoms with Gasteiger partial charge in [-0.2, -0.15) is 0 Å². The van der Waals surface area contributed by atoms with Gasteiger partial charge >= 0.3 is 5.63 Å². The second-order valence-corrected chi connectivity index (χ2v) is 7.53. The van der Waals surface area contributed by atoms with Gasteiger partial charge < -0.3 is 19.3 Å². The van der Waals surface area contributed by atoms with Gasteiger partial charge in [0.15, 0.2) is 0 Å². The first-order chi connectivity index (χ1) is 14.3. The van der Waals surface area contributed by atoms with E-state index in [1.54, 1.807) is 18.2 Å². The van der Waals surface area contributed by atoms with E-state index in [0.717, 1.165) is 22.1 Å². The fraction of sp³-hybridized carbons (Fsp3) is 0.250. The van der Waals surface area contributed by atoms with Crippen molar-refractivity contribution in [2.24, 2.45) is 0 Å². The van der Waals surface area contributed by atoms with Crippen LogP contribution in [0.15, 0.2) is 56.1 Å². The lowest BCUT2D eigenvalue weighted by atomic mass is 10.0. The average Bonchev–Trinajstić information content (AvgIpc) is 3.01. The van der Waals surface area contributed by atoms with Gasteiger partial charge in [0, 0.05) is 23.4 Å². The molecule has 2 aromatic heterocycles. The quantitative estimate of drug-likeness (QED) is 0.492. The van der Waals surface area contributed by atoms with Crippen molar-refractivity contribution >= 4 is 27.8 Å². The fourth-order valence-corrected chi connectivity index (χ4v) is 3.66. The van der Waals surface area contributed by atoms with Gasteiger partial charge in [-0.15, -0.1) is 0 Å². The Morgan fingerprint density at radius 3 is 2.40 bits per heavy atom. The van der Waals surface area contributed by atoms with E-state index in [4.69, 9.17) is 8.83 Å². The van der Waals surface area contributed by atoms with Crippen molar-refractivity contribution in [3.05, 3.63) is 80.9 Å². The van der Waals surface area contributed by atoms with Gasteiger partial charge in [-0.3, -0.25) is 4.79 Å². The average molecular weight is 405 g/mol. The SMILES string of the molecule is Cc1oc2cc3oc(=O)c(CC(=O)NC[C@H](O)c4ccccc4)c(C)c3cc2c1C. The molecule has 154 valence electrons. The van der Waals surface area contributed by atoms with Crippen molar-refractivity contribution in [2.75, 3.05) is 6.54 Å². The van der Waals surface area contributed by atoms with E-state index in [9.17, 15) is 14.7 Å². The van der Waals surface area contributed by atoms with Crippen LogP contribution in [0, 0.1) is 20.8 Å². The van der Waals surface area contributed by atoms with E-state index < -0.39 is 11.7 Å². The third-order valence-electron chi connectivity index (χ3n) is 5.60. The highest BCUT2D eigenvalue weighted by atomic mass is 16.4. The highest BCUT2D eigenvalue weighted by molar-refractivity contribution is 5.97.